The van der Waals surface area contributed by atoms with E-state index in [4.69, 9.17) is 15.2 Å². The van der Waals surface area contributed by atoms with E-state index in [2.05, 4.69) is 5.32 Å². The Morgan fingerprint density at radius 3 is 2.64 bits per heavy atom. The molecule has 8 heteroatoms. The number of amides is 2. The van der Waals surface area contributed by atoms with Crippen molar-refractivity contribution in [3.63, 3.8) is 0 Å². The summed E-state index contributed by atoms with van der Waals surface area (Å²) in [4.78, 5) is 36.2. The van der Waals surface area contributed by atoms with Crippen molar-refractivity contribution in [2.75, 3.05) is 19.5 Å². The maximum absolute atomic E-state index is 12.5. The van der Waals surface area contributed by atoms with Crippen molar-refractivity contribution in [1.29, 1.82) is 0 Å². The second-order valence-corrected chi connectivity index (χ2v) is 5.63. The molecule has 3 N–H and O–H groups in total. The van der Waals surface area contributed by atoms with Gasteiger partial charge in [-0.15, -0.1) is 0 Å². The summed E-state index contributed by atoms with van der Waals surface area (Å²) in [5.41, 5.74) is 5.87. The molecule has 1 aliphatic heterocycles. The van der Waals surface area contributed by atoms with Crippen LogP contribution in [0.4, 0.5) is 5.82 Å². The lowest BCUT2D eigenvalue weighted by molar-refractivity contribution is 0.0879. The van der Waals surface area contributed by atoms with Crippen LogP contribution in [0.5, 0.6) is 5.75 Å². The molecule has 1 aromatic heterocycles. The standard InChI is InChI=1S/C17H17N3O5/c1-9(8-24-2)25-12-6-4-3-5-11(12)20-13(21)7-10-14(15(20)18)17(23)19-16(10)22/h3-7,9H,8,18H2,1-2H3,(H,19,22,23). The third-order valence-electron chi connectivity index (χ3n) is 3.79. The largest absolute Gasteiger partial charge is 0.486 e. The first kappa shape index (κ1) is 16.7. The van der Waals surface area contributed by atoms with Crippen molar-refractivity contribution >= 4 is 17.6 Å². The molecule has 0 spiro atoms. The third-order valence-corrected chi connectivity index (χ3v) is 3.79. The van der Waals surface area contributed by atoms with Gasteiger partial charge in [-0.25, -0.2) is 0 Å². The molecule has 1 atom stereocenters. The molecule has 2 heterocycles. The van der Waals surface area contributed by atoms with Crippen LogP contribution in [0.3, 0.4) is 0 Å². The number of imide groups is 1. The van der Waals surface area contributed by atoms with E-state index in [0.29, 0.717) is 18.0 Å². The van der Waals surface area contributed by atoms with E-state index in [-0.39, 0.29) is 23.0 Å². The van der Waals surface area contributed by atoms with Gasteiger partial charge < -0.3 is 15.2 Å². The molecule has 0 aliphatic carbocycles. The molecule has 0 bridgehead atoms. The van der Waals surface area contributed by atoms with E-state index in [1.54, 1.807) is 31.4 Å². The molecule has 25 heavy (non-hydrogen) atoms. The van der Waals surface area contributed by atoms with E-state index in [1.165, 1.54) is 0 Å². The highest BCUT2D eigenvalue weighted by molar-refractivity contribution is 6.23. The van der Waals surface area contributed by atoms with Gasteiger partial charge in [-0.1, -0.05) is 12.1 Å². The Bertz CT molecular complexity index is 919. The summed E-state index contributed by atoms with van der Waals surface area (Å²) in [6, 6.07) is 7.90. The summed E-state index contributed by atoms with van der Waals surface area (Å²) in [5.74, 6) is -0.960. The molecule has 0 saturated carbocycles. The quantitative estimate of drug-likeness (QED) is 0.774. The lowest BCUT2D eigenvalue weighted by Gasteiger charge is -2.19. The second-order valence-electron chi connectivity index (χ2n) is 5.63. The average molecular weight is 343 g/mol. The van der Waals surface area contributed by atoms with Gasteiger partial charge in [0.05, 0.1) is 23.4 Å². The Labute approximate surface area is 143 Å². The molecule has 0 radical (unpaired) electrons. The van der Waals surface area contributed by atoms with Gasteiger partial charge >= 0.3 is 0 Å². The van der Waals surface area contributed by atoms with Gasteiger partial charge in [0.25, 0.3) is 17.4 Å². The van der Waals surface area contributed by atoms with Crippen molar-refractivity contribution in [3.8, 4) is 11.4 Å². The fraction of sp³-hybridized carbons (Fsp3) is 0.235. The minimum absolute atomic E-state index is 0.00987. The second kappa shape index (κ2) is 6.40. The molecule has 3 rings (SSSR count). The molecule has 1 unspecified atom stereocenters. The Morgan fingerprint density at radius 1 is 1.20 bits per heavy atom. The number of fused-ring (bicyclic) bond motifs is 1. The number of para-hydroxylation sites is 2. The Hall–Kier alpha value is -3.13. The molecular formula is C17H17N3O5. The van der Waals surface area contributed by atoms with Crippen LogP contribution in [0.15, 0.2) is 35.1 Å². The summed E-state index contributed by atoms with van der Waals surface area (Å²) in [6.07, 6.45) is -0.262. The van der Waals surface area contributed by atoms with Gasteiger partial charge in [0, 0.05) is 13.2 Å². The van der Waals surface area contributed by atoms with Crippen LogP contribution in [0.2, 0.25) is 0 Å². The smallest absolute Gasteiger partial charge is 0.262 e. The molecule has 8 nitrogen and oxygen atoms in total. The first-order valence-corrected chi connectivity index (χ1v) is 7.60. The van der Waals surface area contributed by atoms with E-state index in [9.17, 15) is 14.4 Å². The van der Waals surface area contributed by atoms with E-state index >= 15 is 0 Å². The van der Waals surface area contributed by atoms with Crippen LogP contribution in [0.1, 0.15) is 27.6 Å². The molecule has 1 aliphatic rings. The van der Waals surface area contributed by atoms with Crippen molar-refractivity contribution in [2.24, 2.45) is 0 Å². The number of hydrogen-bond acceptors (Lipinski definition) is 6. The summed E-state index contributed by atoms with van der Waals surface area (Å²) < 4.78 is 12.0. The van der Waals surface area contributed by atoms with Gasteiger partial charge in [0.2, 0.25) is 0 Å². The highest BCUT2D eigenvalue weighted by atomic mass is 16.5. The van der Waals surface area contributed by atoms with Gasteiger partial charge in [0.15, 0.2) is 0 Å². The number of methoxy groups -OCH3 is 1. The number of carbonyl (C=O) groups is 2. The van der Waals surface area contributed by atoms with Gasteiger partial charge in [0.1, 0.15) is 17.7 Å². The highest BCUT2D eigenvalue weighted by Gasteiger charge is 2.32. The molecule has 2 aromatic rings. The van der Waals surface area contributed by atoms with Crippen LogP contribution < -0.4 is 21.3 Å². The van der Waals surface area contributed by atoms with Crippen LogP contribution in [-0.4, -0.2) is 36.2 Å². The molecule has 2 amide bonds. The summed E-state index contributed by atoms with van der Waals surface area (Å²) >= 11 is 0. The van der Waals surface area contributed by atoms with Crippen molar-refractivity contribution < 1.29 is 19.1 Å². The predicted octanol–water partition coefficient (Wildman–Crippen LogP) is 0.717. The number of pyridine rings is 1. The maximum atomic E-state index is 12.5. The van der Waals surface area contributed by atoms with Gasteiger partial charge in [-0.3, -0.25) is 24.3 Å². The van der Waals surface area contributed by atoms with Crippen LogP contribution in [-0.2, 0) is 4.74 Å². The molecule has 1 aromatic carbocycles. The van der Waals surface area contributed by atoms with E-state index < -0.39 is 17.4 Å². The monoisotopic (exact) mass is 343 g/mol. The zero-order valence-electron chi connectivity index (χ0n) is 13.7. The van der Waals surface area contributed by atoms with Crippen molar-refractivity contribution in [2.45, 2.75) is 13.0 Å². The fourth-order valence-electron chi connectivity index (χ4n) is 2.75. The molecular weight excluding hydrogens is 326 g/mol. The molecule has 0 fully saturated rings. The number of nitrogens with zero attached hydrogens (tertiary/aromatic N) is 1. The van der Waals surface area contributed by atoms with Crippen LogP contribution in [0, 0.1) is 0 Å². The zero-order valence-corrected chi connectivity index (χ0v) is 13.7. The summed E-state index contributed by atoms with van der Waals surface area (Å²) in [6.45, 7) is 2.18. The third kappa shape index (κ3) is 2.87. The number of anilines is 1. The minimum atomic E-state index is -0.630. The van der Waals surface area contributed by atoms with Gasteiger partial charge in [-0.2, -0.15) is 0 Å². The fourth-order valence-corrected chi connectivity index (χ4v) is 2.75. The lowest BCUT2D eigenvalue weighted by atomic mass is 10.1. The topological polar surface area (TPSA) is 113 Å². The number of nitrogens with one attached hydrogen (secondary N) is 1. The normalized spacial score (nSPS) is 14.2. The summed E-state index contributed by atoms with van der Waals surface area (Å²) in [5, 5.41) is 2.13. The minimum Gasteiger partial charge on any atom is -0.486 e. The van der Waals surface area contributed by atoms with E-state index in [1.807, 2.05) is 6.92 Å². The SMILES string of the molecule is COCC(C)Oc1ccccc1-n1c(N)c2c(cc1=O)C(=O)NC2=O. The Kier molecular flexibility index (Phi) is 4.28. The number of rotatable bonds is 5. The maximum Gasteiger partial charge on any atom is 0.262 e. The molecule has 130 valence electrons. The number of nitrogens with two attached hydrogens (primary N) is 1. The molecule has 0 saturated heterocycles. The number of nitrogen functional groups attached to an aromatic ring is 1. The van der Waals surface area contributed by atoms with Crippen molar-refractivity contribution in [3.05, 3.63) is 51.8 Å². The predicted molar refractivity (Wildman–Crippen MR) is 90.2 cm³/mol. The number of carbonyl (C=O) groups excluding carboxylic acids is 2. The number of benzene rings is 1. The first-order chi connectivity index (χ1) is 11.9. The number of ether oxygens (including phenoxy) is 2. The van der Waals surface area contributed by atoms with Crippen LogP contribution in [0.25, 0.3) is 5.69 Å². The summed E-state index contributed by atoms with van der Waals surface area (Å²) in [7, 11) is 1.56. The lowest BCUT2D eigenvalue weighted by Crippen LogP contribution is -2.25. The first-order valence-electron chi connectivity index (χ1n) is 7.60. The van der Waals surface area contributed by atoms with Crippen LogP contribution >= 0.6 is 0 Å². The van der Waals surface area contributed by atoms with Crippen molar-refractivity contribution in [1.82, 2.24) is 9.88 Å². The van der Waals surface area contributed by atoms with Gasteiger partial charge in [-0.05, 0) is 19.1 Å². The number of aromatic nitrogens is 1. The average Bonchev–Trinajstić information content (AvgIpc) is 2.83. The number of hydrogen-bond donors (Lipinski definition) is 2. The highest BCUT2D eigenvalue weighted by Crippen LogP contribution is 2.28. The Balaban J connectivity index is 2.16. The van der Waals surface area contributed by atoms with E-state index in [0.717, 1.165) is 10.6 Å². The zero-order chi connectivity index (χ0) is 18.1. The Morgan fingerprint density at radius 2 is 1.92 bits per heavy atom.